The molecule has 0 saturated heterocycles. The van der Waals surface area contributed by atoms with E-state index < -0.39 is 17.5 Å². The minimum absolute atomic E-state index is 0.114. The molecule has 0 aliphatic heterocycles. The van der Waals surface area contributed by atoms with Crippen molar-refractivity contribution in [2.75, 3.05) is 0 Å². The fraction of sp³-hybridized carbons (Fsp3) is 0.0435. The maximum Gasteiger partial charge on any atom is 0.234 e. The van der Waals surface area contributed by atoms with Crippen LogP contribution in [0.2, 0.25) is 0 Å². The molecule has 1 N–H and O–H groups in total. The molecule has 0 heterocycles. The lowest BCUT2D eigenvalue weighted by molar-refractivity contribution is -0.112. The zero-order valence-corrected chi connectivity index (χ0v) is 15.8. The van der Waals surface area contributed by atoms with Crippen LogP contribution >= 0.6 is 15.9 Å². The molecule has 0 amide bonds. The first-order chi connectivity index (χ1) is 13.1. The van der Waals surface area contributed by atoms with Crippen LogP contribution in [0.25, 0.3) is 5.76 Å². The number of hydrogen-bond acceptors (Lipinski definition) is 3. The molecule has 132 valence electrons. The van der Waals surface area contributed by atoms with Crippen molar-refractivity contribution in [1.29, 1.82) is 0 Å². The summed E-state index contributed by atoms with van der Waals surface area (Å²) in [5.74, 6) is -1.94. The molecule has 0 fully saturated rings. The minimum atomic E-state index is -0.667. The van der Waals surface area contributed by atoms with Gasteiger partial charge >= 0.3 is 0 Å². The number of allylic oxidation sites excluding steroid dienone is 1. The van der Waals surface area contributed by atoms with Gasteiger partial charge in [0, 0.05) is 21.5 Å². The van der Waals surface area contributed by atoms with Crippen molar-refractivity contribution in [3.05, 3.63) is 111 Å². The molecule has 4 heteroatoms. The molecule has 0 aromatic heterocycles. The Hall–Kier alpha value is -2.98. The van der Waals surface area contributed by atoms with Crippen LogP contribution in [0.5, 0.6) is 0 Å². The molecule has 0 bridgehead atoms. The van der Waals surface area contributed by atoms with Gasteiger partial charge in [-0.2, -0.15) is 0 Å². The summed E-state index contributed by atoms with van der Waals surface area (Å²) in [7, 11) is 0. The first-order valence-electron chi connectivity index (χ1n) is 8.50. The van der Waals surface area contributed by atoms with Crippen LogP contribution in [0.15, 0.2) is 88.9 Å². The lowest BCUT2D eigenvalue weighted by Gasteiger charge is -2.25. The van der Waals surface area contributed by atoms with Crippen molar-refractivity contribution < 1.29 is 14.7 Å². The van der Waals surface area contributed by atoms with Gasteiger partial charge in [0.15, 0.2) is 0 Å². The number of aliphatic hydroxyl groups excluding tert-OH is 1. The summed E-state index contributed by atoms with van der Waals surface area (Å²) in [6, 6.07) is 23.8. The van der Waals surface area contributed by atoms with E-state index in [0.29, 0.717) is 5.56 Å². The van der Waals surface area contributed by atoms with Gasteiger partial charge in [0.25, 0.3) is 0 Å². The highest BCUT2D eigenvalue weighted by Crippen LogP contribution is 2.40. The molecule has 3 aromatic carbocycles. The van der Waals surface area contributed by atoms with Gasteiger partial charge < -0.3 is 5.11 Å². The number of rotatable bonds is 3. The predicted molar refractivity (Wildman–Crippen MR) is 108 cm³/mol. The summed E-state index contributed by atoms with van der Waals surface area (Å²) in [5, 5.41) is 11.0. The van der Waals surface area contributed by atoms with E-state index >= 15 is 0 Å². The van der Waals surface area contributed by atoms with E-state index in [1.165, 1.54) is 0 Å². The fourth-order valence-electron chi connectivity index (χ4n) is 3.49. The van der Waals surface area contributed by atoms with Crippen molar-refractivity contribution in [3.63, 3.8) is 0 Å². The van der Waals surface area contributed by atoms with Gasteiger partial charge in [-0.1, -0.05) is 76.6 Å². The lowest BCUT2D eigenvalue weighted by atomic mass is 9.76. The summed E-state index contributed by atoms with van der Waals surface area (Å²) in [4.78, 5) is 25.7. The van der Waals surface area contributed by atoms with Crippen LogP contribution in [0.4, 0.5) is 0 Å². The summed E-state index contributed by atoms with van der Waals surface area (Å²) >= 11 is 3.37. The molecule has 0 unspecified atom stereocenters. The minimum Gasteiger partial charge on any atom is -0.507 e. The second-order valence-electron chi connectivity index (χ2n) is 6.36. The number of carbonyl (C=O) groups is 2. The number of Topliss-reactive ketones (excluding diaryl/α,β-unsaturated/α-hetero) is 2. The molecular formula is C23H15BrO3. The van der Waals surface area contributed by atoms with Crippen molar-refractivity contribution in [1.82, 2.24) is 0 Å². The van der Waals surface area contributed by atoms with Crippen molar-refractivity contribution in [2.45, 2.75) is 5.92 Å². The van der Waals surface area contributed by atoms with Crippen LogP contribution in [0, 0.1) is 0 Å². The Bertz CT molecular complexity index is 1030. The average Bonchev–Trinajstić information content (AvgIpc) is 2.71. The van der Waals surface area contributed by atoms with Gasteiger partial charge in [-0.3, -0.25) is 9.59 Å². The zero-order chi connectivity index (χ0) is 19.0. The third-order valence-electron chi connectivity index (χ3n) is 4.74. The Morgan fingerprint density at radius 1 is 0.704 bits per heavy atom. The Labute approximate surface area is 165 Å². The summed E-state index contributed by atoms with van der Waals surface area (Å²) in [5.41, 5.74) is 2.39. The number of halogens is 1. The SMILES string of the molecule is O=C1C(=O)c2ccc(Br)cc2C(O)=C1C(c1ccccc1)c1ccccc1. The predicted octanol–water partition coefficient (Wildman–Crippen LogP) is 5.32. The monoisotopic (exact) mass is 418 g/mol. The molecule has 1 aliphatic carbocycles. The quantitative estimate of drug-likeness (QED) is 0.585. The molecule has 0 spiro atoms. The standard InChI is InChI=1S/C23H15BrO3/c24-16-11-12-17-18(13-16)21(25)20(23(27)22(17)26)19(14-7-3-1-4-8-14)15-9-5-2-6-10-15/h1-13,19,25H. The van der Waals surface area contributed by atoms with Gasteiger partial charge in [0.1, 0.15) is 5.76 Å². The van der Waals surface area contributed by atoms with Gasteiger partial charge in [-0.05, 0) is 29.3 Å². The third kappa shape index (κ3) is 3.02. The van der Waals surface area contributed by atoms with E-state index in [9.17, 15) is 14.7 Å². The number of ketones is 2. The molecule has 3 nitrogen and oxygen atoms in total. The molecular weight excluding hydrogens is 404 g/mol. The van der Waals surface area contributed by atoms with Crippen LogP contribution in [0.3, 0.4) is 0 Å². The Morgan fingerprint density at radius 2 is 1.26 bits per heavy atom. The highest BCUT2D eigenvalue weighted by molar-refractivity contribution is 9.10. The van der Waals surface area contributed by atoms with E-state index in [4.69, 9.17) is 0 Å². The number of hydrogen-bond donors (Lipinski definition) is 1. The molecule has 27 heavy (non-hydrogen) atoms. The summed E-state index contributed by atoms with van der Waals surface area (Å²) in [6.45, 7) is 0. The smallest absolute Gasteiger partial charge is 0.234 e. The van der Waals surface area contributed by atoms with E-state index in [1.54, 1.807) is 18.2 Å². The van der Waals surface area contributed by atoms with Gasteiger partial charge in [0.05, 0.1) is 5.57 Å². The summed E-state index contributed by atoms with van der Waals surface area (Å²) < 4.78 is 0.727. The zero-order valence-electron chi connectivity index (χ0n) is 14.2. The molecule has 4 rings (SSSR count). The van der Waals surface area contributed by atoms with E-state index in [-0.39, 0.29) is 16.9 Å². The van der Waals surface area contributed by atoms with Gasteiger partial charge in [-0.25, -0.2) is 0 Å². The van der Waals surface area contributed by atoms with Crippen LogP contribution in [-0.4, -0.2) is 16.7 Å². The van der Waals surface area contributed by atoms with Crippen molar-refractivity contribution in [2.24, 2.45) is 0 Å². The largest absolute Gasteiger partial charge is 0.507 e. The second kappa shape index (κ2) is 6.97. The first kappa shape index (κ1) is 17.4. The number of aliphatic hydroxyl groups is 1. The van der Waals surface area contributed by atoms with E-state index in [2.05, 4.69) is 15.9 Å². The van der Waals surface area contributed by atoms with Gasteiger partial charge in [-0.15, -0.1) is 0 Å². The number of fused-ring (bicyclic) bond motifs is 1. The second-order valence-corrected chi connectivity index (χ2v) is 7.28. The molecule has 3 aromatic rings. The Morgan fingerprint density at radius 3 is 1.81 bits per heavy atom. The van der Waals surface area contributed by atoms with Crippen LogP contribution in [-0.2, 0) is 4.79 Å². The number of benzene rings is 3. The normalized spacial score (nSPS) is 13.9. The third-order valence-corrected chi connectivity index (χ3v) is 5.24. The first-order valence-corrected chi connectivity index (χ1v) is 9.29. The van der Waals surface area contributed by atoms with Crippen molar-refractivity contribution in [3.8, 4) is 0 Å². The summed E-state index contributed by atoms with van der Waals surface area (Å²) in [6.07, 6.45) is 0. The molecule has 0 atom stereocenters. The molecule has 0 saturated carbocycles. The maximum atomic E-state index is 13.0. The molecule has 1 aliphatic rings. The number of carbonyl (C=O) groups excluding carboxylic acids is 2. The van der Waals surface area contributed by atoms with Crippen molar-refractivity contribution >= 4 is 33.3 Å². The Balaban J connectivity index is 2.00. The highest BCUT2D eigenvalue weighted by Gasteiger charge is 2.38. The van der Waals surface area contributed by atoms with Crippen LogP contribution < -0.4 is 0 Å². The Kier molecular flexibility index (Phi) is 4.50. The molecule has 0 radical (unpaired) electrons. The van der Waals surface area contributed by atoms with E-state index in [1.807, 2.05) is 60.7 Å². The van der Waals surface area contributed by atoms with Crippen LogP contribution in [0.1, 0.15) is 33.0 Å². The van der Waals surface area contributed by atoms with Gasteiger partial charge in [0.2, 0.25) is 11.6 Å². The van der Waals surface area contributed by atoms with E-state index in [0.717, 1.165) is 15.6 Å². The maximum absolute atomic E-state index is 13.0. The lowest BCUT2D eigenvalue weighted by Crippen LogP contribution is -2.28. The topological polar surface area (TPSA) is 54.4 Å². The highest BCUT2D eigenvalue weighted by atomic mass is 79.9. The fourth-order valence-corrected chi connectivity index (χ4v) is 3.85. The average molecular weight is 419 g/mol.